The van der Waals surface area contributed by atoms with E-state index in [1.165, 1.54) is 18.2 Å². The number of nitrogens with two attached hydrogens (primary N) is 1. The number of hydrogen-bond donors (Lipinski definition) is 3. The van der Waals surface area contributed by atoms with Gasteiger partial charge in [0.25, 0.3) is 5.91 Å². The maximum atomic E-state index is 13.2. The molecule has 4 aromatic rings. The summed E-state index contributed by atoms with van der Waals surface area (Å²) >= 11 is 0. The second kappa shape index (κ2) is 7.94. The highest BCUT2D eigenvalue weighted by molar-refractivity contribution is 6.08. The highest BCUT2D eigenvalue weighted by Gasteiger charge is 2.26. The van der Waals surface area contributed by atoms with E-state index >= 15 is 0 Å². The smallest absolute Gasteiger partial charge is 0.262 e. The van der Waals surface area contributed by atoms with Crippen LogP contribution in [0.25, 0.3) is 27.9 Å². The number of phenolic OH excluding ortho intramolecular Hbond substituents is 2. The minimum absolute atomic E-state index is 0.0932. The molecule has 4 N–H and O–H groups in total. The number of para-hydroxylation sites is 1. The topological polar surface area (TPSA) is 113 Å². The number of carbonyl (C=O) groups is 1. The van der Waals surface area contributed by atoms with Crippen LogP contribution < -0.4 is 10.6 Å². The van der Waals surface area contributed by atoms with E-state index in [4.69, 9.17) is 5.73 Å². The van der Waals surface area contributed by atoms with E-state index in [1.807, 2.05) is 42.5 Å². The van der Waals surface area contributed by atoms with Gasteiger partial charge in [-0.3, -0.25) is 4.79 Å². The Labute approximate surface area is 190 Å². The van der Waals surface area contributed by atoms with E-state index in [1.54, 1.807) is 4.90 Å². The van der Waals surface area contributed by atoms with Crippen molar-refractivity contribution in [1.29, 1.82) is 0 Å². The number of aryl methyl sites for hydroxylation is 1. The number of amides is 1. The summed E-state index contributed by atoms with van der Waals surface area (Å²) in [4.78, 5) is 24.0. The molecule has 0 saturated heterocycles. The fourth-order valence-electron chi connectivity index (χ4n) is 4.24. The third kappa shape index (κ3) is 3.63. The van der Waals surface area contributed by atoms with Crippen LogP contribution in [0.5, 0.6) is 11.5 Å². The minimum atomic E-state index is -0.310. The number of phenols is 2. The van der Waals surface area contributed by atoms with Crippen LogP contribution in [0.3, 0.4) is 0 Å². The monoisotopic (exact) mass is 438 g/mol. The largest absolute Gasteiger partial charge is 0.508 e. The van der Waals surface area contributed by atoms with Gasteiger partial charge in [0.2, 0.25) is 0 Å². The molecule has 1 aliphatic heterocycles. The zero-order chi connectivity index (χ0) is 23.1. The maximum Gasteiger partial charge on any atom is 0.262 e. The van der Waals surface area contributed by atoms with E-state index in [-0.39, 0.29) is 23.0 Å². The third-order valence-electron chi connectivity index (χ3n) is 5.82. The van der Waals surface area contributed by atoms with Crippen molar-refractivity contribution in [3.8, 4) is 22.8 Å². The molecular formula is C26H22N4O3. The Bertz CT molecular complexity index is 1430. The predicted octanol–water partition coefficient (Wildman–Crippen LogP) is 4.23. The molecule has 0 atom stereocenters. The molecule has 2 heterocycles. The summed E-state index contributed by atoms with van der Waals surface area (Å²) in [7, 11) is 0. The standard InChI is InChI=1S/C26H22N4O3/c1-15(27)25-28-21-7-3-2-6-19(21)24(29-25)17-8-11-22-16(13-17)5-4-12-30(22)26(33)20-10-9-18(31)14-23(20)32/h2-3,6-11,13-14,31-32H,1,4-5,12,27H2. The number of fused-ring (bicyclic) bond motifs is 2. The van der Waals surface area contributed by atoms with Gasteiger partial charge in [0.15, 0.2) is 5.82 Å². The van der Waals surface area contributed by atoms with E-state index in [2.05, 4.69) is 16.5 Å². The molecule has 33 heavy (non-hydrogen) atoms. The number of aromatic hydroxyl groups is 2. The molecular weight excluding hydrogens is 416 g/mol. The fourth-order valence-corrected chi connectivity index (χ4v) is 4.24. The van der Waals surface area contributed by atoms with Crippen LogP contribution in [-0.2, 0) is 6.42 Å². The lowest BCUT2D eigenvalue weighted by molar-refractivity contribution is 0.0982. The summed E-state index contributed by atoms with van der Waals surface area (Å²) in [5.74, 6) is -0.258. The minimum Gasteiger partial charge on any atom is -0.508 e. The molecule has 1 aliphatic rings. The van der Waals surface area contributed by atoms with Gasteiger partial charge in [0.1, 0.15) is 11.5 Å². The Morgan fingerprint density at radius 2 is 1.85 bits per heavy atom. The number of carbonyl (C=O) groups excluding carboxylic acids is 1. The normalized spacial score (nSPS) is 13.0. The highest BCUT2D eigenvalue weighted by Crippen LogP contribution is 2.35. The lowest BCUT2D eigenvalue weighted by Crippen LogP contribution is -2.35. The van der Waals surface area contributed by atoms with Crippen LogP contribution in [0, 0.1) is 0 Å². The Morgan fingerprint density at radius 1 is 1.03 bits per heavy atom. The first kappa shape index (κ1) is 20.5. The van der Waals surface area contributed by atoms with Gasteiger partial charge < -0.3 is 20.8 Å². The van der Waals surface area contributed by atoms with Crippen molar-refractivity contribution in [3.05, 3.63) is 84.2 Å². The molecule has 0 unspecified atom stereocenters. The van der Waals surface area contributed by atoms with Crippen molar-refractivity contribution in [2.45, 2.75) is 12.8 Å². The number of anilines is 1. The van der Waals surface area contributed by atoms with Crippen LogP contribution in [-0.4, -0.2) is 32.6 Å². The number of aromatic nitrogens is 2. The molecule has 0 bridgehead atoms. The van der Waals surface area contributed by atoms with Crippen molar-refractivity contribution >= 4 is 28.2 Å². The zero-order valence-electron chi connectivity index (χ0n) is 17.8. The van der Waals surface area contributed by atoms with Crippen LogP contribution in [0.15, 0.2) is 67.2 Å². The average Bonchev–Trinajstić information content (AvgIpc) is 2.82. The Morgan fingerprint density at radius 3 is 2.64 bits per heavy atom. The summed E-state index contributed by atoms with van der Waals surface area (Å²) in [5, 5.41) is 20.6. The maximum absolute atomic E-state index is 13.2. The molecule has 0 aliphatic carbocycles. The second-order valence-electron chi connectivity index (χ2n) is 8.04. The van der Waals surface area contributed by atoms with Crippen molar-refractivity contribution in [2.24, 2.45) is 5.73 Å². The van der Waals surface area contributed by atoms with Gasteiger partial charge in [-0.2, -0.15) is 0 Å². The molecule has 5 rings (SSSR count). The fraction of sp³-hybridized carbons (Fsp3) is 0.115. The number of nitrogens with zero attached hydrogens (tertiary/aromatic N) is 3. The average molecular weight is 438 g/mol. The van der Waals surface area contributed by atoms with E-state index in [9.17, 15) is 15.0 Å². The highest BCUT2D eigenvalue weighted by atomic mass is 16.3. The summed E-state index contributed by atoms with van der Waals surface area (Å²) in [6, 6.07) is 17.6. The lowest BCUT2D eigenvalue weighted by Gasteiger charge is -2.30. The van der Waals surface area contributed by atoms with Crippen LogP contribution >= 0.6 is 0 Å². The first-order valence-corrected chi connectivity index (χ1v) is 10.6. The molecule has 1 amide bonds. The third-order valence-corrected chi connectivity index (χ3v) is 5.82. The summed E-state index contributed by atoms with van der Waals surface area (Å²) < 4.78 is 0. The predicted molar refractivity (Wildman–Crippen MR) is 128 cm³/mol. The first-order chi connectivity index (χ1) is 15.9. The van der Waals surface area contributed by atoms with Gasteiger partial charge in [-0.05, 0) is 48.7 Å². The zero-order valence-corrected chi connectivity index (χ0v) is 17.8. The molecule has 1 aromatic heterocycles. The summed E-state index contributed by atoms with van der Waals surface area (Å²) in [5.41, 5.74) is 10.6. The number of benzene rings is 3. The summed E-state index contributed by atoms with van der Waals surface area (Å²) in [6.07, 6.45) is 1.60. The quantitative estimate of drug-likeness (QED) is 0.441. The van der Waals surface area contributed by atoms with Crippen LogP contribution in [0.4, 0.5) is 5.69 Å². The van der Waals surface area contributed by atoms with E-state index in [0.717, 1.165) is 46.3 Å². The molecule has 7 heteroatoms. The van der Waals surface area contributed by atoms with Crippen LogP contribution in [0.2, 0.25) is 0 Å². The van der Waals surface area contributed by atoms with Gasteiger partial charge in [0, 0.05) is 29.2 Å². The number of hydrogen-bond acceptors (Lipinski definition) is 6. The molecule has 7 nitrogen and oxygen atoms in total. The van der Waals surface area contributed by atoms with Gasteiger partial charge in [-0.15, -0.1) is 0 Å². The lowest BCUT2D eigenvalue weighted by atomic mass is 9.96. The number of rotatable bonds is 3. The van der Waals surface area contributed by atoms with Crippen LogP contribution in [0.1, 0.15) is 28.2 Å². The van der Waals surface area contributed by atoms with Gasteiger partial charge in [-0.25, -0.2) is 9.97 Å². The molecule has 0 spiro atoms. The van der Waals surface area contributed by atoms with Crippen molar-refractivity contribution in [3.63, 3.8) is 0 Å². The van der Waals surface area contributed by atoms with Gasteiger partial charge in [-0.1, -0.05) is 30.8 Å². The van der Waals surface area contributed by atoms with Gasteiger partial charge in [0.05, 0.1) is 22.5 Å². The van der Waals surface area contributed by atoms with Crippen molar-refractivity contribution in [2.75, 3.05) is 11.4 Å². The molecule has 0 radical (unpaired) electrons. The second-order valence-corrected chi connectivity index (χ2v) is 8.04. The molecule has 0 fully saturated rings. The Hall–Kier alpha value is -4.39. The summed E-state index contributed by atoms with van der Waals surface area (Å²) in [6.45, 7) is 4.32. The molecule has 0 saturated carbocycles. The Balaban J connectivity index is 1.59. The van der Waals surface area contributed by atoms with E-state index < -0.39 is 0 Å². The van der Waals surface area contributed by atoms with Crippen molar-refractivity contribution < 1.29 is 15.0 Å². The SMILES string of the molecule is C=C(N)c1nc(-c2ccc3c(c2)CCCN3C(=O)c2ccc(O)cc2O)c2ccccc2n1. The molecule has 164 valence electrons. The van der Waals surface area contributed by atoms with E-state index in [0.29, 0.717) is 18.1 Å². The Kier molecular flexibility index (Phi) is 4.94. The van der Waals surface area contributed by atoms with Crippen molar-refractivity contribution in [1.82, 2.24) is 9.97 Å². The molecule has 3 aromatic carbocycles. The van der Waals surface area contributed by atoms with Gasteiger partial charge >= 0.3 is 0 Å². The first-order valence-electron chi connectivity index (χ1n) is 10.6.